The Morgan fingerprint density at radius 3 is 2.70 bits per heavy atom. The number of hydrogen-bond acceptors (Lipinski definition) is 4. The summed E-state index contributed by atoms with van der Waals surface area (Å²) in [4.78, 5) is 4.10. The van der Waals surface area contributed by atoms with Crippen LogP contribution in [-0.4, -0.2) is 4.98 Å². The molecule has 96 valence electrons. The van der Waals surface area contributed by atoms with Crippen LogP contribution in [0.4, 0.5) is 5.69 Å². The first-order chi connectivity index (χ1) is 9.79. The molecular formula is C16H11N3O. The van der Waals surface area contributed by atoms with Crippen LogP contribution in [0.25, 0.3) is 10.8 Å². The maximum Gasteiger partial charge on any atom is 0.145 e. The number of para-hydroxylation sites is 1. The highest BCUT2D eigenvalue weighted by molar-refractivity contribution is 5.96. The van der Waals surface area contributed by atoms with Crippen LogP contribution in [0, 0.1) is 11.3 Å². The molecule has 2 aromatic carbocycles. The molecule has 0 aliphatic heterocycles. The van der Waals surface area contributed by atoms with Crippen LogP contribution in [0.2, 0.25) is 0 Å². The lowest BCUT2D eigenvalue weighted by Crippen LogP contribution is -1.92. The Hall–Kier alpha value is -3.06. The monoisotopic (exact) mass is 261 g/mol. The van der Waals surface area contributed by atoms with Crippen LogP contribution in [-0.2, 0) is 0 Å². The van der Waals surface area contributed by atoms with Crippen molar-refractivity contribution in [2.75, 3.05) is 5.73 Å². The summed E-state index contributed by atoms with van der Waals surface area (Å²) < 4.78 is 5.85. The molecule has 1 aromatic heterocycles. The molecule has 3 aromatic rings. The summed E-state index contributed by atoms with van der Waals surface area (Å²) in [6.45, 7) is 0. The summed E-state index contributed by atoms with van der Waals surface area (Å²) in [6.07, 6.45) is 3.39. The van der Waals surface area contributed by atoms with Gasteiger partial charge in [-0.2, -0.15) is 5.26 Å². The van der Waals surface area contributed by atoms with Gasteiger partial charge in [-0.25, -0.2) is 0 Å². The summed E-state index contributed by atoms with van der Waals surface area (Å²) in [5, 5.41) is 10.8. The average Bonchev–Trinajstić information content (AvgIpc) is 2.51. The van der Waals surface area contributed by atoms with Crippen molar-refractivity contribution in [1.29, 1.82) is 5.26 Å². The van der Waals surface area contributed by atoms with Crippen molar-refractivity contribution >= 4 is 16.5 Å². The average molecular weight is 261 g/mol. The van der Waals surface area contributed by atoms with Gasteiger partial charge in [0.05, 0.1) is 5.56 Å². The fraction of sp³-hybridized carbons (Fsp3) is 0. The van der Waals surface area contributed by atoms with Gasteiger partial charge in [0.1, 0.15) is 17.6 Å². The first-order valence-corrected chi connectivity index (χ1v) is 6.09. The lowest BCUT2D eigenvalue weighted by atomic mass is 10.1. The third-order valence-electron chi connectivity index (χ3n) is 3.04. The zero-order valence-corrected chi connectivity index (χ0v) is 10.6. The molecule has 0 fully saturated rings. The number of hydrogen-bond donors (Lipinski definition) is 1. The number of anilines is 1. The normalized spacial score (nSPS) is 10.2. The highest BCUT2D eigenvalue weighted by atomic mass is 16.5. The summed E-state index contributed by atoms with van der Waals surface area (Å²) in [7, 11) is 0. The van der Waals surface area contributed by atoms with Crippen molar-refractivity contribution in [2.24, 2.45) is 0 Å². The predicted octanol–water partition coefficient (Wildman–Crippen LogP) is 3.48. The molecule has 4 nitrogen and oxygen atoms in total. The fourth-order valence-corrected chi connectivity index (χ4v) is 2.04. The van der Waals surface area contributed by atoms with Crippen molar-refractivity contribution in [3.8, 4) is 17.6 Å². The minimum absolute atomic E-state index is 0.487. The molecule has 0 spiro atoms. The molecule has 4 heteroatoms. The van der Waals surface area contributed by atoms with Gasteiger partial charge in [0.2, 0.25) is 0 Å². The van der Waals surface area contributed by atoms with Crippen LogP contribution in [0.15, 0.2) is 54.9 Å². The molecule has 0 saturated carbocycles. The minimum Gasteiger partial charge on any atom is -0.455 e. The lowest BCUT2D eigenvalue weighted by molar-refractivity contribution is 0.486. The van der Waals surface area contributed by atoms with Gasteiger partial charge < -0.3 is 10.5 Å². The molecule has 2 N–H and O–H groups in total. The molecule has 0 atom stereocenters. The van der Waals surface area contributed by atoms with Gasteiger partial charge in [0.15, 0.2) is 0 Å². The first kappa shape index (κ1) is 12.0. The van der Waals surface area contributed by atoms with Crippen LogP contribution in [0.1, 0.15) is 5.56 Å². The van der Waals surface area contributed by atoms with Crippen molar-refractivity contribution in [2.45, 2.75) is 0 Å². The Bertz CT molecular complexity index is 821. The second-order valence-electron chi connectivity index (χ2n) is 4.28. The van der Waals surface area contributed by atoms with E-state index in [1.165, 1.54) is 0 Å². The quantitative estimate of drug-likeness (QED) is 0.717. The standard InChI is InChI=1S/C16H11N3O/c17-9-11-3-1-2-4-15(11)20-16-6-5-14(18)12-7-8-19-10-13(12)16/h1-8,10H,18H2. The highest BCUT2D eigenvalue weighted by Crippen LogP contribution is 2.33. The summed E-state index contributed by atoms with van der Waals surface area (Å²) in [6, 6.07) is 14.6. The smallest absolute Gasteiger partial charge is 0.145 e. The van der Waals surface area contributed by atoms with E-state index in [2.05, 4.69) is 11.1 Å². The minimum atomic E-state index is 0.487. The Morgan fingerprint density at radius 2 is 1.85 bits per heavy atom. The van der Waals surface area contributed by atoms with Crippen LogP contribution < -0.4 is 10.5 Å². The number of fused-ring (bicyclic) bond motifs is 1. The molecular weight excluding hydrogens is 250 g/mol. The van der Waals surface area contributed by atoms with Crippen LogP contribution in [0.3, 0.4) is 0 Å². The van der Waals surface area contributed by atoms with Crippen molar-refractivity contribution < 1.29 is 4.74 Å². The lowest BCUT2D eigenvalue weighted by Gasteiger charge is -2.11. The second-order valence-corrected chi connectivity index (χ2v) is 4.28. The van der Waals surface area contributed by atoms with Gasteiger partial charge in [-0.3, -0.25) is 4.98 Å². The molecule has 0 bridgehead atoms. The van der Waals surface area contributed by atoms with Crippen LogP contribution >= 0.6 is 0 Å². The molecule has 3 rings (SSSR count). The first-order valence-electron chi connectivity index (χ1n) is 6.09. The van der Waals surface area contributed by atoms with E-state index < -0.39 is 0 Å². The van der Waals surface area contributed by atoms with Gasteiger partial charge >= 0.3 is 0 Å². The topological polar surface area (TPSA) is 71.9 Å². The number of nitrogen functional groups attached to an aromatic ring is 1. The summed E-state index contributed by atoms with van der Waals surface area (Å²) >= 11 is 0. The van der Waals surface area contributed by atoms with E-state index in [0.717, 1.165) is 10.8 Å². The number of benzene rings is 2. The Labute approximate surface area is 116 Å². The maximum absolute atomic E-state index is 9.09. The Kier molecular flexibility index (Phi) is 2.94. The third kappa shape index (κ3) is 2.02. The van der Waals surface area contributed by atoms with Crippen molar-refractivity contribution in [3.05, 3.63) is 60.4 Å². The highest BCUT2D eigenvalue weighted by Gasteiger charge is 2.08. The molecule has 20 heavy (non-hydrogen) atoms. The zero-order chi connectivity index (χ0) is 13.9. The summed E-state index contributed by atoms with van der Waals surface area (Å²) in [5.41, 5.74) is 7.10. The van der Waals surface area contributed by atoms with Gasteiger partial charge in [-0.05, 0) is 30.3 Å². The fourth-order valence-electron chi connectivity index (χ4n) is 2.04. The van der Waals surface area contributed by atoms with E-state index in [1.807, 2.05) is 12.1 Å². The van der Waals surface area contributed by atoms with E-state index in [4.69, 9.17) is 15.7 Å². The van der Waals surface area contributed by atoms with Gasteiger partial charge in [-0.15, -0.1) is 0 Å². The number of ether oxygens (including phenoxy) is 1. The van der Waals surface area contributed by atoms with E-state index >= 15 is 0 Å². The molecule has 0 aliphatic rings. The van der Waals surface area contributed by atoms with Crippen molar-refractivity contribution in [3.63, 3.8) is 0 Å². The maximum atomic E-state index is 9.09. The molecule has 0 amide bonds. The van der Waals surface area contributed by atoms with Gasteiger partial charge in [-0.1, -0.05) is 12.1 Å². The number of nitrogens with two attached hydrogens (primary N) is 1. The number of aromatic nitrogens is 1. The molecule has 0 radical (unpaired) electrons. The van der Waals surface area contributed by atoms with Crippen molar-refractivity contribution in [1.82, 2.24) is 4.98 Å². The van der Waals surface area contributed by atoms with E-state index in [9.17, 15) is 0 Å². The molecule has 0 aliphatic carbocycles. The van der Waals surface area contributed by atoms with E-state index in [-0.39, 0.29) is 0 Å². The third-order valence-corrected chi connectivity index (χ3v) is 3.04. The number of nitriles is 1. The van der Waals surface area contributed by atoms with Gasteiger partial charge in [0.25, 0.3) is 0 Å². The summed E-state index contributed by atoms with van der Waals surface area (Å²) in [5.74, 6) is 1.15. The van der Waals surface area contributed by atoms with Gasteiger partial charge in [0, 0.05) is 28.9 Å². The van der Waals surface area contributed by atoms with E-state index in [1.54, 1.807) is 42.7 Å². The Balaban J connectivity index is 2.12. The number of pyridine rings is 1. The number of nitrogens with zero attached hydrogens (tertiary/aromatic N) is 2. The second kappa shape index (κ2) is 4.90. The largest absolute Gasteiger partial charge is 0.455 e. The van der Waals surface area contributed by atoms with Crippen LogP contribution in [0.5, 0.6) is 11.5 Å². The molecule has 0 saturated heterocycles. The van der Waals surface area contributed by atoms with E-state index in [0.29, 0.717) is 22.7 Å². The number of rotatable bonds is 2. The zero-order valence-electron chi connectivity index (χ0n) is 10.6. The SMILES string of the molecule is N#Cc1ccccc1Oc1ccc(N)c2ccncc12. The Morgan fingerprint density at radius 1 is 1.00 bits per heavy atom. The molecule has 0 unspecified atom stereocenters. The predicted molar refractivity (Wildman–Crippen MR) is 77.4 cm³/mol. The molecule has 1 heterocycles.